The van der Waals surface area contributed by atoms with E-state index in [1.165, 1.54) is 0 Å². The van der Waals surface area contributed by atoms with Crippen LogP contribution in [0.3, 0.4) is 0 Å². The Kier molecular flexibility index (Phi) is 5.90. The summed E-state index contributed by atoms with van der Waals surface area (Å²) in [4.78, 5) is 12.4. The Morgan fingerprint density at radius 2 is 2.08 bits per heavy atom. The molecule has 0 radical (unpaired) electrons. The van der Waals surface area contributed by atoms with Gasteiger partial charge in [-0.1, -0.05) is 37.1 Å². The van der Waals surface area contributed by atoms with Gasteiger partial charge < -0.3 is 10.1 Å². The number of hydrogen-bond donors (Lipinski definition) is 1. The fourth-order valence-electron chi connectivity index (χ4n) is 2.81. The topological polar surface area (TPSA) is 62.1 Å². The number of unbranched alkanes of at least 4 members (excludes halogenated alkanes) is 1. The zero-order chi connectivity index (χ0) is 17.7. The smallest absolute Gasteiger partial charge is 0.250 e. The van der Waals surface area contributed by atoms with Crippen molar-refractivity contribution in [1.29, 1.82) is 5.26 Å². The molecule has 1 aliphatic heterocycles. The fourth-order valence-corrected chi connectivity index (χ4v) is 3.33. The quantitative estimate of drug-likeness (QED) is 0.783. The first-order valence-corrected chi connectivity index (χ1v) is 8.63. The fraction of sp³-hybridized carbons (Fsp3) is 0.474. The summed E-state index contributed by atoms with van der Waals surface area (Å²) in [5, 5.41) is 12.5. The Labute approximate surface area is 148 Å². The Morgan fingerprint density at radius 1 is 1.42 bits per heavy atom. The summed E-state index contributed by atoms with van der Waals surface area (Å²) < 4.78 is 5.67. The van der Waals surface area contributed by atoms with Crippen molar-refractivity contribution in [3.8, 4) is 11.8 Å². The third kappa shape index (κ3) is 3.91. The molecule has 0 aromatic heterocycles. The largest absolute Gasteiger partial charge is 0.494 e. The average Bonchev–Trinajstić information content (AvgIpc) is 2.54. The van der Waals surface area contributed by atoms with Crippen LogP contribution in [-0.2, 0) is 10.3 Å². The number of rotatable bonds is 6. The summed E-state index contributed by atoms with van der Waals surface area (Å²) in [7, 11) is 0. The molecular formula is C19H23ClN2O2. The van der Waals surface area contributed by atoms with Gasteiger partial charge in [0.05, 0.1) is 24.1 Å². The van der Waals surface area contributed by atoms with Gasteiger partial charge >= 0.3 is 0 Å². The van der Waals surface area contributed by atoms with Crippen LogP contribution in [0.15, 0.2) is 34.9 Å². The summed E-state index contributed by atoms with van der Waals surface area (Å²) in [6.07, 6.45) is 2.59. The first kappa shape index (κ1) is 18.4. The van der Waals surface area contributed by atoms with E-state index < -0.39 is 11.5 Å². The maximum Gasteiger partial charge on any atom is 0.250 e. The molecule has 0 saturated heterocycles. The number of carbonyl (C=O) groups is 1. The second kappa shape index (κ2) is 7.72. The van der Waals surface area contributed by atoms with Gasteiger partial charge in [-0.3, -0.25) is 4.79 Å². The van der Waals surface area contributed by atoms with Gasteiger partial charge in [0.25, 0.3) is 0 Å². The van der Waals surface area contributed by atoms with Crippen molar-refractivity contribution in [1.82, 2.24) is 5.32 Å². The third-order valence-electron chi connectivity index (χ3n) is 4.32. The second-order valence-electron chi connectivity index (χ2n) is 6.36. The molecule has 4 nitrogen and oxygen atoms in total. The van der Waals surface area contributed by atoms with Crippen LogP contribution < -0.4 is 10.1 Å². The Hall–Kier alpha value is -1.99. The normalized spacial score (nSPS) is 21.9. The van der Waals surface area contributed by atoms with E-state index in [1.54, 1.807) is 6.92 Å². The zero-order valence-corrected chi connectivity index (χ0v) is 15.1. The van der Waals surface area contributed by atoms with E-state index in [4.69, 9.17) is 21.6 Å². The molecule has 1 amide bonds. The molecule has 1 aromatic carbocycles. The molecule has 128 valence electrons. The molecule has 1 N–H and O–H groups in total. The molecule has 2 atom stereocenters. The van der Waals surface area contributed by atoms with Gasteiger partial charge in [0.15, 0.2) is 0 Å². The Bertz CT molecular complexity index is 676. The van der Waals surface area contributed by atoms with Gasteiger partial charge in [0.1, 0.15) is 5.75 Å². The van der Waals surface area contributed by atoms with E-state index in [0.29, 0.717) is 23.6 Å². The standard InChI is InChI=1S/C19H23ClN2O2/c1-4-5-10-24-15-8-6-14(7-9-15)19(3)11-16(20)17(13(2)12-21)18(23)22-19/h6-9,13H,4-5,10-11H2,1-3H3,(H,22,23)/t13-,19?/m1/s1. The lowest BCUT2D eigenvalue weighted by Gasteiger charge is -2.36. The van der Waals surface area contributed by atoms with E-state index in [2.05, 4.69) is 18.3 Å². The van der Waals surface area contributed by atoms with Crippen LogP contribution in [0.5, 0.6) is 5.75 Å². The lowest BCUT2D eigenvalue weighted by molar-refractivity contribution is -0.120. The van der Waals surface area contributed by atoms with Crippen molar-refractivity contribution < 1.29 is 9.53 Å². The van der Waals surface area contributed by atoms with Crippen LogP contribution in [0.25, 0.3) is 0 Å². The maximum absolute atomic E-state index is 12.4. The highest BCUT2D eigenvalue weighted by Crippen LogP contribution is 2.37. The van der Waals surface area contributed by atoms with E-state index in [9.17, 15) is 4.79 Å². The van der Waals surface area contributed by atoms with Crippen molar-refractivity contribution in [2.24, 2.45) is 5.92 Å². The molecular weight excluding hydrogens is 324 g/mol. The van der Waals surface area contributed by atoms with Crippen molar-refractivity contribution in [3.05, 3.63) is 40.4 Å². The molecule has 0 aliphatic carbocycles. The number of amides is 1. The maximum atomic E-state index is 12.4. The average molecular weight is 347 g/mol. The first-order chi connectivity index (χ1) is 11.4. The summed E-state index contributed by atoms with van der Waals surface area (Å²) in [6, 6.07) is 9.79. The molecule has 2 rings (SSSR count). The number of ether oxygens (including phenoxy) is 1. The second-order valence-corrected chi connectivity index (χ2v) is 6.82. The van der Waals surface area contributed by atoms with Crippen LogP contribution in [0.1, 0.15) is 45.6 Å². The van der Waals surface area contributed by atoms with Crippen molar-refractivity contribution in [2.45, 2.75) is 45.6 Å². The number of nitrogens with one attached hydrogen (secondary N) is 1. The SMILES string of the molecule is CCCCOc1ccc(C2(C)CC(Cl)=C([C@H](C)C#N)C(=O)N2)cc1. The molecule has 0 bridgehead atoms. The van der Waals surface area contributed by atoms with Gasteiger partial charge in [-0.2, -0.15) is 5.26 Å². The minimum atomic E-state index is -0.589. The minimum absolute atomic E-state index is 0.272. The highest BCUT2D eigenvalue weighted by Gasteiger charge is 2.38. The highest BCUT2D eigenvalue weighted by atomic mass is 35.5. The monoisotopic (exact) mass is 346 g/mol. The lowest BCUT2D eigenvalue weighted by atomic mass is 9.82. The van der Waals surface area contributed by atoms with Gasteiger partial charge in [-0.25, -0.2) is 0 Å². The predicted octanol–water partition coefficient (Wildman–Crippen LogP) is 4.25. The molecule has 1 aromatic rings. The van der Waals surface area contributed by atoms with Gasteiger partial charge in [-0.15, -0.1) is 0 Å². The van der Waals surface area contributed by atoms with Crippen molar-refractivity contribution in [2.75, 3.05) is 6.61 Å². The Morgan fingerprint density at radius 3 is 2.62 bits per heavy atom. The molecule has 1 heterocycles. The summed E-state index contributed by atoms with van der Waals surface area (Å²) in [6.45, 7) is 6.45. The Balaban J connectivity index is 2.19. The van der Waals surface area contributed by atoms with Gasteiger partial charge in [-0.05, 0) is 38.0 Å². The molecule has 24 heavy (non-hydrogen) atoms. The van der Waals surface area contributed by atoms with Crippen LogP contribution in [-0.4, -0.2) is 12.5 Å². The molecule has 0 fully saturated rings. The summed E-state index contributed by atoms with van der Waals surface area (Å²) >= 11 is 6.34. The number of hydrogen-bond acceptors (Lipinski definition) is 3. The van der Waals surface area contributed by atoms with Crippen LogP contribution in [0.4, 0.5) is 0 Å². The summed E-state index contributed by atoms with van der Waals surface area (Å²) in [5.41, 5.74) is 0.742. The van der Waals surface area contributed by atoms with E-state index in [1.807, 2.05) is 31.2 Å². The minimum Gasteiger partial charge on any atom is -0.494 e. The molecule has 0 saturated carbocycles. The van der Waals surface area contributed by atoms with Gasteiger partial charge in [0, 0.05) is 17.0 Å². The van der Waals surface area contributed by atoms with Gasteiger partial charge in [0.2, 0.25) is 5.91 Å². The van der Waals surface area contributed by atoms with E-state index >= 15 is 0 Å². The molecule has 1 aliphatic rings. The number of carbonyl (C=O) groups excluding carboxylic acids is 1. The van der Waals surface area contributed by atoms with Crippen molar-refractivity contribution in [3.63, 3.8) is 0 Å². The van der Waals surface area contributed by atoms with Crippen molar-refractivity contribution >= 4 is 17.5 Å². The predicted molar refractivity (Wildman–Crippen MR) is 94.6 cm³/mol. The van der Waals surface area contributed by atoms with E-state index in [0.717, 1.165) is 24.2 Å². The molecule has 5 heteroatoms. The van der Waals surface area contributed by atoms with Crippen LogP contribution in [0, 0.1) is 17.2 Å². The zero-order valence-electron chi connectivity index (χ0n) is 14.4. The lowest BCUT2D eigenvalue weighted by Crippen LogP contribution is -2.48. The number of nitrogens with zero attached hydrogens (tertiary/aromatic N) is 1. The van der Waals surface area contributed by atoms with Crippen LogP contribution >= 0.6 is 11.6 Å². The molecule has 0 spiro atoms. The number of benzene rings is 1. The highest BCUT2D eigenvalue weighted by molar-refractivity contribution is 6.32. The van der Waals surface area contributed by atoms with E-state index in [-0.39, 0.29) is 5.91 Å². The van der Waals surface area contributed by atoms with Crippen LogP contribution in [0.2, 0.25) is 0 Å². The summed E-state index contributed by atoms with van der Waals surface area (Å²) in [5.74, 6) is 0.0285. The first-order valence-electron chi connectivity index (χ1n) is 8.25. The number of halogens is 1. The number of nitriles is 1. The molecule has 1 unspecified atom stereocenters. The third-order valence-corrected chi connectivity index (χ3v) is 4.66.